The van der Waals surface area contributed by atoms with E-state index in [0.29, 0.717) is 49.9 Å². The van der Waals surface area contributed by atoms with Crippen LogP contribution in [0.1, 0.15) is 93.6 Å². The number of hydrogen-bond acceptors (Lipinski definition) is 11. The molecule has 2 aliphatic carbocycles. The highest BCUT2D eigenvalue weighted by Crippen LogP contribution is 2.55. The number of fused-ring (bicyclic) bond motifs is 1. The van der Waals surface area contributed by atoms with Crippen LogP contribution in [-0.4, -0.2) is 113 Å². The monoisotopic (exact) mass is 1010 g/mol. The zero-order valence-electron chi connectivity index (χ0n) is 39.1. The minimum Gasteiger partial charge on any atom is -0.477 e. The molecule has 4 aliphatic rings. The summed E-state index contributed by atoms with van der Waals surface area (Å²) in [5.41, 5.74) is 4.09. The van der Waals surface area contributed by atoms with Crippen molar-refractivity contribution in [1.29, 1.82) is 0 Å². The van der Waals surface area contributed by atoms with Crippen molar-refractivity contribution in [3.63, 3.8) is 0 Å². The van der Waals surface area contributed by atoms with Crippen molar-refractivity contribution in [2.45, 2.75) is 109 Å². The molecule has 2 aromatic carbocycles. The Kier molecular flexibility index (Phi) is 16.0. The van der Waals surface area contributed by atoms with Gasteiger partial charge in [0.25, 0.3) is 11.8 Å². The highest BCUT2D eigenvalue weighted by Gasteiger charge is 2.56. The standard InChI is InChI=1S/C48H56ClF2N9O11/c1-25(2)39(57-35(61)8-4-3-5-18-59-36(62)13-14-37(59)63)44(66)55-32(7-6-17-53-46(52)69)43(65)54-27-11-9-26(10-12-27)23-71-47(70)56-34-22-58(24-48(34)15-16-48)41-31(51)19-28-40(38(41)49)60(33-20-30(33)50)21-29(42(28)64)45(67)68/h9-14,19,21,25,30,32-34,39H,3-8,15-18,20,22-24H2,1-2H3,(H,54,65)(H,55,66)(H,56,70)(H,57,61)(H,67,68)(H3,52,53,69)/t30-,32-,33?,34+,39-/m0/s1. The van der Waals surface area contributed by atoms with Gasteiger partial charge >= 0.3 is 18.1 Å². The van der Waals surface area contributed by atoms with Crippen LogP contribution in [0, 0.1) is 17.2 Å². The molecule has 3 aromatic rings. The molecule has 8 amide bonds. The number of primary amides is 1. The van der Waals surface area contributed by atoms with Crippen molar-refractivity contribution >= 4 is 81.5 Å². The first-order chi connectivity index (χ1) is 33.8. The fourth-order valence-electron chi connectivity index (χ4n) is 9.04. The Hall–Kier alpha value is -7.10. The van der Waals surface area contributed by atoms with Crippen LogP contribution in [0.5, 0.6) is 0 Å². The highest BCUT2D eigenvalue weighted by molar-refractivity contribution is 6.38. The van der Waals surface area contributed by atoms with Crippen molar-refractivity contribution in [3.05, 3.63) is 80.9 Å². The van der Waals surface area contributed by atoms with Crippen LogP contribution in [0.4, 0.5) is 29.7 Å². The molecule has 1 spiro atoms. The number of urea groups is 1. The summed E-state index contributed by atoms with van der Waals surface area (Å²) in [6.45, 7) is 4.12. The number of carboxylic acid groups (broad SMARTS) is 1. The molecule has 3 fully saturated rings. The molecule has 380 valence electrons. The number of anilines is 2. The Labute approximate surface area is 411 Å². The predicted octanol–water partition coefficient (Wildman–Crippen LogP) is 4.17. The van der Waals surface area contributed by atoms with E-state index in [1.165, 1.54) is 16.7 Å². The Morgan fingerprint density at radius 1 is 0.972 bits per heavy atom. The average Bonchev–Trinajstić information content (AvgIpc) is 4.20. The van der Waals surface area contributed by atoms with E-state index in [4.69, 9.17) is 22.1 Å². The average molecular weight is 1010 g/mol. The van der Waals surface area contributed by atoms with E-state index in [9.17, 15) is 52.6 Å². The van der Waals surface area contributed by atoms with Crippen molar-refractivity contribution in [3.8, 4) is 0 Å². The fourth-order valence-corrected chi connectivity index (χ4v) is 9.45. The minimum atomic E-state index is -1.53. The van der Waals surface area contributed by atoms with Crippen molar-refractivity contribution in [1.82, 2.24) is 30.7 Å². The number of imide groups is 1. The molecule has 3 heterocycles. The van der Waals surface area contributed by atoms with Crippen LogP contribution in [0.25, 0.3) is 10.9 Å². The predicted molar refractivity (Wildman–Crippen MR) is 255 cm³/mol. The number of nitrogens with two attached hydrogens (primary N) is 1. The SMILES string of the molecule is CC(C)[C@H](NC(=O)CCCCCN1C(=O)C=CC1=O)C(=O)N[C@@H](CCCNC(N)=O)C(=O)Nc1ccc(COC(=O)N[C@@H]2CN(c3c(F)cc4c(=O)c(C(=O)O)cn(C5C[C@@H]5F)c4c3Cl)CC23CC3)cc1. The number of aromatic nitrogens is 1. The summed E-state index contributed by atoms with van der Waals surface area (Å²) in [5.74, 6) is -5.08. The maximum atomic E-state index is 15.9. The number of aromatic carboxylic acids is 1. The van der Waals surface area contributed by atoms with E-state index in [0.717, 1.165) is 17.2 Å². The summed E-state index contributed by atoms with van der Waals surface area (Å²) >= 11 is 6.82. The second-order valence-electron chi connectivity index (χ2n) is 18.8. The number of pyridine rings is 1. The molecule has 5 atom stereocenters. The topological polar surface area (TPSA) is 281 Å². The normalized spacial score (nSPS) is 19.4. The number of benzene rings is 2. The number of unbranched alkanes of at least 4 members (excludes halogenated alkanes) is 2. The number of nitrogens with zero attached hydrogens (tertiary/aromatic N) is 3. The summed E-state index contributed by atoms with van der Waals surface area (Å²) in [5, 5.41) is 22.7. The van der Waals surface area contributed by atoms with Crippen LogP contribution < -0.4 is 42.6 Å². The third-order valence-corrected chi connectivity index (χ3v) is 13.6. The molecule has 1 unspecified atom stereocenters. The number of alkyl carbamates (subject to hydrolysis) is 1. The van der Waals surface area contributed by atoms with Gasteiger partial charge in [-0.15, -0.1) is 0 Å². The summed E-state index contributed by atoms with van der Waals surface area (Å²) < 4.78 is 37.1. The van der Waals surface area contributed by atoms with E-state index in [1.807, 2.05) is 0 Å². The lowest BCUT2D eigenvalue weighted by Crippen LogP contribution is -2.54. The molecule has 8 N–H and O–H groups in total. The van der Waals surface area contributed by atoms with E-state index < -0.39 is 82.5 Å². The number of rotatable bonds is 22. The zero-order chi connectivity index (χ0) is 51.3. The summed E-state index contributed by atoms with van der Waals surface area (Å²) in [4.78, 5) is 116. The molecule has 2 aliphatic heterocycles. The number of carboxylic acids is 1. The number of halogens is 3. The first-order valence-electron chi connectivity index (χ1n) is 23.5. The molecule has 71 heavy (non-hydrogen) atoms. The van der Waals surface area contributed by atoms with Crippen LogP contribution in [0.3, 0.4) is 0 Å². The Balaban J connectivity index is 0.918. The van der Waals surface area contributed by atoms with E-state index in [2.05, 4.69) is 26.6 Å². The van der Waals surface area contributed by atoms with E-state index in [-0.39, 0.29) is 97.2 Å². The van der Waals surface area contributed by atoms with Crippen LogP contribution in [0.15, 0.2) is 53.5 Å². The molecule has 20 nitrogen and oxygen atoms in total. The number of ether oxygens (including phenoxy) is 1. The lowest BCUT2D eigenvalue weighted by molar-refractivity contribution is -0.137. The first kappa shape index (κ1) is 51.7. The molecule has 0 bridgehead atoms. The third-order valence-electron chi connectivity index (χ3n) is 13.2. The van der Waals surface area contributed by atoms with Gasteiger partial charge in [0, 0.05) is 68.5 Å². The number of amides is 8. The first-order valence-corrected chi connectivity index (χ1v) is 23.8. The maximum Gasteiger partial charge on any atom is 0.407 e. The van der Waals surface area contributed by atoms with Gasteiger partial charge in [-0.1, -0.05) is 44.0 Å². The van der Waals surface area contributed by atoms with Gasteiger partial charge in [-0.3, -0.25) is 33.7 Å². The minimum absolute atomic E-state index is 0.0298. The smallest absolute Gasteiger partial charge is 0.407 e. The zero-order valence-corrected chi connectivity index (χ0v) is 39.8. The molecule has 2 saturated carbocycles. The van der Waals surface area contributed by atoms with E-state index in [1.54, 1.807) is 43.0 Å². The summed E-state index contributed by atoms with van der Waals surface area (Å²) in [6, 6.07) is 3.23. The van der Waals surface area contributed by atoms with Gasteiger partial charge in [0.2, 0.25) is 23.2 Å². The Morgan fingerprint density at radius 2 is 1.66 bits per heavy atom. The van der Waals surface area contributed by atoms with Gasteiger partial charge in [-0.05, 0) is 68.2 Å². The highest BCUT2D eigenvalue weighted by atomic mass is 35.5. The van der Waals surface area contributed by atoms with Crippen molar-refractivity contribution in [2.24, 2.45) is 17.1 Å². The van der Waals surface area contributed by atoms with Gasteiger partial charge < -0.3 is 51.6 Å². The quantitative estimate of drug-likeness (QED) is 0.0552. The lowest BCUT2D eigenvalue weighted by Gasteiger charge is -2.25. The summed E-state index contributed by atoms with van der Waals surface area (Å²) in [7, 11) is 0. The van der Waals surface area contributed by atoms with Crippen molar-refractivity contribution in [2.75, 3.05) is 36.4 Å². The number of alkyl halides is 1. The maximum absolute atomic E-state index is 15.9. The molecule has 23 heteroatoms. The van der Waals surface area contributed by atoms with Gasteiger partial charge in [0.15, 0.2) is 0 Å². The van der Waals surface area contributed by atoms with Gasteiger partial charge in [-0.2, -0.15) is 0 Å². The molecule has 7 rings (SSSR count). The molecule has 1 aromatic heterocycles. The second-order valence-corrected chi connectivity index (χ2v) is 19.2. The Bertz CT molecular complexity index is 2690. The largest absolute Gasteiger partial charge is 0.477 e. The molecule has 1 saturated heterocycles. The third kappa shape index (κ3) is 12.3. The number of carbonyl (C=O) groups excluding carboxylic acids is 7. The van der Waals surface area contributed by atoms with Crippen LogP contribution >= 0.6 is 11.6 Å². The van der Waals surface area contributed by atoms with Crippen LogP contribution in [-0.2, 0) is 35.3 Å². The lowest BCUT2D eigenvalue weighted by atomic mass is 10.0. The second kappa shape index (κ2) is 21.9. The Morgan fingerprint density at radius 3 is 2.28 bits per heavy atom. The molecular weight excluding hydrogens is 952 g/mol. The number of nitrogens with one attached hydrogen (secondary N) is 5. The number of hydrogen-bond donors (Lipinski definition) is 7. The number of carbonyl (C=O) groups is 8. The van der Waals surface area contributed by atoms with Gasteiger partial charge in [0.05, 0.1) is 33.7 Å². The van der Waals surface area contributed by atoms with Crippen molar-refractivity contribution < 1.29 is 57.0 Å². The van der Waals surface area contributed by atoms with Gasteiger partial charge in [0.1, 0.15) is 36.2 Å². The molecular formula is C48H56ClF2N9O11. The van der Waals surface area contributed by atoms with Gasteiger partial charge in [-0.25, -0.2) is 23.2 Å². The summed E-state index contributed by atoms with van der Waals surface area (Å²) in [6.07, 6.45) is 4.91. The van der Waals surface area contributed by atoms with Crippen LogP contribution in [0.2, 0.25) is 5.02 Å². The van der Waals surface area contributed by atoms with E-state index >= 15 is 4.39 Å². The molecule has 0 radical (unpaired) electrons. The fraction of sp³-hybridized carbons (Fsp3) is 0.479.